The van der Waals surface area contributed by atoms with Crippen LogP contribution in [0.2, 0.25) is 5.02 Å². The van der Waals surface area contributed by atoms with Crippen molar-refractivity contribution in [2.75, 3.05) is 26.0 Å². The van der Waals surface area contributed by atoms with Crippen molar-refractivity contribution in [1.29, 1.82) is 0 Å². The first kappa shape index (κ1) is 15.4. The topological polar surface area (TPSA) is 107 Å². The molecule has 8 nitrogen and oxygen atoms in total. The van der Waals surface area contributed by atoms with Gasteiger partial charge >= 0.3 is 0 Å². The number of nitrogens with one attached hydrogen (secondary N) is 1. The van der Waals surface area contributed by atoms with Crippen LogP contribution in [0.3, 0.4) is 0 Å². The van der Waals surface area contributed by atoms with Gasteiger partial charge in [-0.05, 0) is 18.6 Å². The van der Waals surface area contributed by atoms with Crippen molar-refractivity contribution in [3.05, 3.63) is 28.9 Å². The Morgan fingerprint density at radius 1 is 1.48 bits per heavy atom. The first-order valence-corrected chi connectivity index (χ1v) is 7.37. The average molecular weight is 335 g/mol. The van der Waals surface area contributed by atoms with Crippen LogP contribution in [0, 0.1) is 0 Å². The van der Waals surface area contributed by atoms with E-state index in [2.05, 4.69) is 20.6 Å². The van der Waals surface area contributed by atoms with Gasteiger partial charge in [0.15, 0.2) is 11.3 Å². The number of benzene rings is 1. The van der Waals surface area contributed by atoms with Crippen molar-refractivity contribution < 1.29 is 9.53 Å². The highest BCUT2D eigenvalue weighted by Crippen LogP contribution is 2.28. The maximum absolute atomic E-state index is 12.2. The molecule has 3 N–H and O–H groups in total. The van der Waals surface area contributed by atoms with Gasteiger partial charge in [-0.3, -0.25) is 4.79 Å². The second-order valence-electron chi connectivity index (χ2n) is 4.91. The normalized spacial score (nSPS) is 11.2. The smallest absolute Gasteiger partial charge is 0.275 e. The van der Waals surface area contributed by atoms with E-state index >= 15 is 0 Å². The predicted molar refractivity (Wildman–Crippen MR) is 86.5 cm³/mol. The van der Waals surface area contributed by atoms with Crippen LogP contribution >= 0.6 is 11.6 Å². The molecule has 0 spiro atoms. The number of anilines is 1. The molecule has 23 heavy (non-hydrogen) atoms. The standard InChI is InChI=1S/C14H15ClN6O2/c1-23-7-3-6-17-14(22)11-13-18-12(16)10-8(15)4-2-5-9(10)21(13)20-19-11/h2,4-5H,3,6-7H2,1H3,(H2,16,18)(H,17,22). The Kier molecular flexibility index (Phi) is 4.26. The summed E-state index contributed by atoms with van der Waals surface area (Å²) < 4.78 is 6.39. The molecule has 120 valence electrons. The summed E-state index contributed by atoms with van der Waals surface area (Å²) in [6.07, 6.45) is 0.704. The number of amides is 1. The zero-order valence-electron chi connectivity index (χ0n) is 12.4. The molecule has 0 aliphatic heterocycles. The lowest BCUT2D eigenvalue weighted by Gasteiger charge is -2.06. The minimum absolute atomic E-state index is 0.121. The van der Waals surface area contributed by atoms with Gasteiger partial charge in [-0.1, -0.05) is 22.9 Å². The SMILES string of the molecule is COCCCNC(=O)c1nnn2c1nc(N)c1c(Cl)cccc12. The van der Waals surface area contributed by atoms with Gasteiger partial charge in [-0.15, -0.1) is 5.10 Å². The second-order valence-corrected chi connectivity index (χ2v) is 5.31. The predicted octanol–water partition coefficient (Wildman–Crippen LogP) is 1.28. The van der Waals surface area contributed by atoms with E-state index in [1.54, 1.807) is 25.3 Å². The number of aromatic nitrogens is 4. The van der Waals surface area contributed by atoms with Crippen LogP contribution in [0.1, 0.15) is 16.9 Å². The summed E-state index contributed by atoms with van der Waals surface area (Å²) in [5.74, 6) is -0.127. The Labute approximate surface area is 136 Å². The van der Waals surface area contributed by atoms with E-state index in [0.29, 0.717) is 41.1 Å². The maximum Gasteiger partial charge on any atom is 0.275 e. The first-order chi connectivity index (χ1) is 11.1. The van der Waals surface area contributed by atoms with Gasteiger partial charge in [-0.2, -0.15) is 4.52 Å². The molecule has 2 aromatic heterocycles. The number of hydrogen-bond acceptors (Lipinski definition) is 6. The molecule has 0 aliphatic carbocycles. The van der Waals surface area contributed by atoms with Gasteiger partial charge in [0, 0.05) is 20.3 Å². The summed E-state index contributed by atoms with van der Waals surface area (Å²) in [5, 5.41) is 11.7. The summed E-state index contributed by atoms with van der Waals surface area (Å²) in [5.41, 5.74) is 7.04. The Morgan fingerprint density at radius 3 is 3.09 bits per heavy atom. The molecule has 1 amide bonds. The van der Waals surface area contributed by atoms with Crippen molar-refractivity contribution >= 4 is 39.9 Å². The highest BCUT2D eigenvalue weighted by molar-refractivity contribution is 6.36. The number of hydrogen-bond donors (Lipinski definition) is 2. The van der Waals surface area contributed by atoms with Crippen molar-refractivity contribution in [3.63, 3.8) is 0 Å². The third-order valence-electron chi connectivity index (χ3n) is 3.37. The molecule has 2 heterocycles. The van der Waals surface area contributed by atoms with E-state index in [-0.39, 0.29) is 17.4 Å². The number of nitrogen functional groups attached to an aromatic ring is 1. The number of rotatable bonds is 5. The Balaban J connectivity index is 2.01. The first-order valence-electron chi connectivity index (χ1n) is 6.99. The lowest BCUT2D eigenvalue weighted by atomic mass is 10.2. The second kappa shape index (κ2) is 6.35. The van der Waals surface area contributed by atoms with Gasteiger partial charge in [0.1, 0.15) is 5.82 Å². The monoisotopic (exact) mass is 334 g/mol. The van der Waals surface area contributed by atoms with Crippen molar-refractivity contribution in [3.8, 4) is 0 Å². The molecule has 3 rings (SSSR count). The fourth-order valence-electron chi connectivity index (χ4n) is 2.30. The summed E-state index contributed by atoms with van der Waals surface area (Å²) >= 11 is 6.16. The molecule has 0 unspecified atom stereocenters. The molecule has 1 aromatic carbocycles. The lowest BCUT2D eigenvalue weighted by Crippen LogP contribution is -2.26. The van der Waals surface area contributed by atoms with E-state index < -0.39 is 0 Å². The molecule has 0 aliphatic rings. The highest BCUT2D eigenvalue weighted by atomic mass is 35.5. The molecule has 3 aromatic rings. The van der Waals surface area contributed by atoms with Crippen LogP contribution in [0.25, 0.3) is 16.6 Å². The number of nitrogens with zero attached hydrogens (tertiary/aromatic N) is 4. The molecular formula is C14H15ClN6O2. The van der Waals surface area contributed by atoms with E-state index in [1.165, 1.54) is 4.52 Å². The molecule has 0 radical (unpaired) electrons. The van der Waals surface area contributed by atoms with Crippen LogP contribution in [-0.4, -0.2) is 46.0 Å². The molecule has 0 fully saturated rings. The van der Waals surface area contributed by atoms with E-state index in [0.717, 1.165) is 0 Å². The number of halogens is 1. The lowest BCUT2D eigenvalue weighted by molar-refractivity contribution is 0.0945. The summed E-state index contributed by atoms with van der Waals surface area (Å²) in [6, 6.07) is 5.28. The average Bonchev–Trinajstić information content (AvgIpc) is 2.95. The van der Waals surface area contributed by atoms with Crippen molar-refractivity contribution in [2.24, 2.45) is 0 Å². The molecule has 0 atom stereocenters. The van der Waals surface area contributed by atoms with E-state index in [1.807, 2.05) is 0 Å². The van der Waals surface area contributed by atoms with E-state index in [4.69, 9.17) is 22.1 Å². The number of carbonyl (C=O) groups excluding carboxylic acids is 1. The van der Waals surface area contributed by atoms with Crippen molar-refractivity contribution in [2.45, 2.75) is 6.42 Å². The Bertz CT molecular complexity index is 878. The van der Waals surface area contributed by atoms with Crippen LogP contribution in [0.4, 0.5) is 5.82 Å². The molecule has 0 bridgehead atoms. The number of fused-ring (bicyclic) bond motifs is 3. The van der Waals surface area contributed by atoms with Crippen LogP contribution in [-0.2, 0) is 4.74 Å². The molecule has 0 saturated heterocycles. The Morgan fingerprint density at radius 2 is 2.30 bits per heavy atom. The largest absolute Gasteiger partial charge is 0.385 e. The minimum atomic E-state index is -0.357. The summed E-state index contributed by atoms with van der Waals surface area (Å²) in [4.78, 5) is 16.5. The van der Waals surface area contributed by atoms with Crippen LogP contribution < -0.4 is 11.1 Å². The highest BCUT2D eigenvalue weighted by Gasteiger charge is 2.19. The number of ether oxygens (including phenoxy) is 1. The fourth-order valence-corrected chi connectivity index (χ4v) is 2.57. The van der Waals surface area contributed by atoms with Gasteiger partial charge in [0.2, 0.25) is 0 Å². The van der Waals surface area contributed by atoms with Gasteiger partial charge < -0.3 is 15.8 Å². The fraction of sp³-hybridized carbons (Fsp3) is 0.286. The zero-order valence-corrected chi connectivity index (χ0v) is 13.2. The van der Waals surface area contributed by atoms with Gasteiger partial charge in [0.05, 0.1) is 15.9 Å². The van der Waals surface area contributed by atoms with Crippen LogP contribution in [0.5, 0.6) is 0 Å². The molecule has 0 saturated carbocycles. The number of methoxy groups -OCH3 is 1. The maximum atomic E-state index is 12.2. The van der Waals surface area contributed by atoms with Crippen LogP contribution in [0.15, 0.2) is 18.2 Å². The van der Waals surface area contributed by atoms with E-state index in [9.17, 15) is 4.79 Å². The summed E-state index contributed by atoms with van der Waals surface area (Å²) in [6.45, 7) is 1.04. The molecule has 9 heteroatoms. The van der Waals surface area contributed by atoms with Gasteiger partial charge in [0.25, 0.3) is 5.91 Å². The quantitative estimate of drug-likeness (QED) is 0.680. The zero-order chi connectivity index (χ0) is 16.4. The Hall–Kier alpha value is -2.45. The third-order valence-corrected chi connectivity index (χ3v) is 3.69. The minimum Gasteiger partial charge on any atom is -0.385 e. The molecular weight excluding hydrogens is 320 g/mol. The third kappa shape index (κ3) is 2.78. The number of nitrogens with two attached hydrogens (primary N) is 1. The number of carbonyl (C=O) groups is 1. The van der Waals surface area contributed by atoms with Gasteiger partial charge in [-0.25, -0.2) is 4.98 Å². The van der Waals surface area contributed by atoms with Crippen molar-refractivity contribution in [1.82, 2.24) is 25.1 Å². The summed E-state index contributed by atoms with van der Waals surface area (Å²) in [7, 11) is 1.61.